The van der Waals surface area contributed by atoms with E-state index >= 15 is 0 Å². The molecule has 0 spiro atoms. The van der Waals surface area contributed by atoms with Crippen molar-refractivity contribution in [2.45, 2.75) is 18.2 Å². The van der Waals surface area contributed by atoms with Gasteiger partial charge in [0.2, 0.25) is 10.0 Å². The number of hydrogen-bond acceptors (Lipinski definition) is 5. The van der Waals surface area contributed by atoms with Gasteiger partial charge in [-0.05, 0) is 30.9 Å². The Labute approximate surface area is 117 Å². The fourth-order valence-corrected chi connectivity index (χ4v) is 4.08. The molecule has 0 saturated carbocycles. The van der Waals surface area contributed by atoms with Crippen LogP contribution in [-0.2, 0) is 10.0 Å². The number of nitro groups is 1. The summed E-state index contributed by atoms with van der Waals surface area (Å²) in [5.74, 6) is -0.0388. The molecule has 1 saturated heterocycles. The molecular weight excluding hydrogens is 284 g/mol. The third-order valence-electron chi connectivity index (χ3n) is 3.49. The molecule has 1 unspecified atom stereocenters. The van der Waals surface area contributed by atoms with Gasteiger partial charge in [-0.3, -0.25) is 10.1 Å². The van der Waals surface area contributed by atoms with Crippen molar-refractivity contribution in [1.29, 1.82) is 0 Å². The van der Waals surface area contributed by atoms with Crippen LogP contribution < -0.4 is 0 Å². The van der Waals surface area contributed by atoms with E-state index in [2.05, 4.69) is 0 Å². The summed E-state index contributed by atoms with van der Waals surface area (Å²) in [4.78, 5) is 10.2. The normalized spacial score (nSPS) is 20.2. The Bertz CT molecular complexity index is 629. The van der Waals surface area contributed by atoms with Gasteiger partial charge in [-0.2, -0.15) is 4.31 Å². The van der Waals surface area contributed by atoms with Gasteiger partial charge in [0.15, 0.2) is 0 Å². The molecule has 0 amide bonds. The Balaban J connectivity index is 2.33. The minimum atomic E-state index is -3.66. The molecule has 1 fully saturated rings. The molecular formula is C12H16N2O5S. The van der Waals surface area contributed by atoms with Gasteiger partial charge in [0.25, 0.3) is 5.69 Å². The van der Waals surface area contributed by atoms with E-state index in [0.717, 1.165) is 0 Å². The number of aryl methyl sites for hydroxylation is 1. The molecule has 7 nitrogen and oxygen atoms in total. The highest BCUT2D eigenvalue weighted by atomic mass is 32.2. The maximum atomic E-state index is 12.5. The van der Waals surface area contributed by atoms with Crippen molar-refractivity contribution >= 4 is 15.7 Å². The highest BCUT2D eigenvalue weighted by molar-refractivity contribution is 7.89. The van der Waals surface area contributed by atoms with Gasteiger partial charge in [-0.15, -0.1) is 0 Å². The molecule has 0 radical (unpaired) electrons. The Morgan fingerprint density at radius 3 is 2.70 bits per heavy atom. The standard InChI is InChI=1S/C12H16N2O5S/c1-9-6-11(14(16)17)2-3-12(9)20(18,19)13-5-4-10(7-13)8-15/h2-3,6,10,15H,4-5,7-8H2,1H3. The smallest absolute Gasteiger partial charge is 0.269 e. The van der Waals surface area contributed by atoms with Crippen LogP contribution >= 0.6 is 0 Å². The third-order valence-corrected chi connectivity index (χ3v) is 5.52. The summed E-state index contributed by atoms with van der Waals surface area (Å²) in [5, 5.41) is 19.7. The molecule has 0 bridgehead atoms. The van der Waals surface area contributed by atoms with E-state index < -0.39 is 14.9 Å². The Morgan fingerprint density at radius 1 is 1.50 bits per heavy atom. The first-order chi connectivity index (χ1) is 9.36. The summed E-state index contributed by atoms with van der Waals surface area (Å²) in [5.41, 5.74) is 0.225. The molecule has 1 N–H and O–H groups in total. The summed E-state index contributed by atoms with van der Waals surface area (Å²) < 4.78 is 26.3. The molecule has 0 aliphatic carbocycles. The summed E-state index contributed by atoms with van der Waals surface area (Å²) in [6, 6.07) is 3.72. The number of benzene rings is 1. The number of aliphatic hydroxyl groups is 1. The fraction of sp³-hybridized carbons (Fsp3) is 0.500. The number of nitrogens with zero attached hydrogens (tertiary/aromatic N) is 2. The van der Waals surface area contributed by atoms with E-state index in [1.807, 2.05) is 0 Å². The molecule has 1 aliphatic heterocycles. The highest BCUT2D eigenvalue weighted by Crippen LogP contribution is 2.27. The first kappa shape index (κ1) is 14.9. The zero-order valence-electron chi connectivity index (χ0n) is 11.0. The van der Waals surface area contributed by atoms with Gasteiger partial charge < -0.3 is 5.11 Å². The van der Waals surface area contributed by atoms with Crippen LogP contribution in [0, 0.1) is 23.0 Å². The number of nitro benzene ring substituents is 1. The number of aliphatic hydroxyl groups excluding tert-OH is 1. The SMILES string of the molecule is Cc1cc([N+](=O)[O-])ccc1S(=O)(=O)N1CCC(CO)C1. The van der Waals surface area contributed by atoms with E-state index in [4.69, 9.17) is 5.11 Å². The Morgan fingerprint density at radius 2 is 2.20 bits per heavy atom. The average Bonchev–Trinajstić information content (AvgIpc) is 2.87. The molecule has 1 heterocycles. The van der Waals surface area contributed by atoms with Gasteiger partial charge in [0.1, 0.15) is 0 Å². The average molecular weight is 300 g/mol. The number of sulfonamides is 1. The Hall–Kier alpha value is -1.51. The molecule has 0 aromatic heterocycles. The van der Waals surface area contributed by atoms with Gasteiger partial charge in [-0.25, -0.2) is 8.42 Å². The summed E-state index contributed by atoms with van der Waals surface area (Å²) in [6.07, 6.45) is 0.627. The largest absolute Gasteiger partial charge is 0.396 e. The third kappa shape index (κ3) is 2.67. The van der Waals surface area contributed by atoms with E-state index in [1.54, 1.807) is 6.92 Å². The van der Waals surface area contributed by atoms with Crippen LogP contribution in [0.3, 0.4) is 0 Å². The quantitative estimate of drug-likeness (QED) is 0.658. The predicted octanol–water partition coefficient (Wildman–Crippen LogP) is 0.906. The molecule has 1 aromatic carbocycles. The fourth-order valence-electron chi connectivity index (χ4n) is 2.34. The van der Waals surface area contributed by atoms with Crippen LogP contribution in [0.5, 0.6) is 0 Å². The van der Waals surface area contributed by atoms with Crippen molar-refractivity contribution < 1.29 is 18.4 Å². The second-order valence-corrected chi connectivity index (χ2v) is 6.81. The molecule has 20 heavy (non-hydrogen) atoms. The lowest BCUT2D eigenvalue weighted by Crippen LogP contribution is -2.29. The van der Waals surface area contributed by atoms with E-state index in [1.165, 1.54) is 22.5 Å². The maximum absolute atomic E-state index is 12.5. The van der Waals surface area contributed by atoms with E-state index in [-0.39, 0.29) is 29.7 Å². The number of rotatable bonds is 4. The van der Waals surface area contributed by atoms with Crippen LogP contribution in [0.15, 0.2) is 23.1 Å². The predicted molar refractivity (Wildman–Crippen MR) is 71.8 cm³/mol. The van der Waals surface area contributed by atoms with Crippen LogP contribution in [-0.4, -0.2) is 42.4 Å². The minimum absolute atomic E-state index is 0.0364. The maximum Gasteiger partial charge on any atom is 0.269 e. The summed E-state index contributed by atoms with van der Waals surface area (Å²) in [7, 11) is -3.66. The van der Waals surface area contributed by atoms with Crippen molar-refractivity contribution in [3.63, 3.8) is 0 Å². The van der Waals surface area contributed by atoms with Gasteiger partial charge in [0, 0.05) is 31.8 Å². The van der Waals surface area contributed by atoms with E-state index in [9.17, 15) is 18.5 Å². The lowest BCUT2D eigenvalue weighted by molar-refractivity contribution is -0.385. The first-order valence-corrected chi connectivity index (χ1v) is 7.66. The molecule has 1 atom stereocenters. The molecule has 110 valence electrons. The van der Waals surface area contributed by atoms with Crippen molar-refractivity contribution in [2.24, 2.45) is 5.92 Å². The number of non-ortho nitro benzene ring substituents is 1. The first-order valence-electron chi connectivity index (χ1n) is 6.22. The highest BCUT2D eigenvalue weighted by Gasteiger charge is 2.33. The van der Waals surface area contributed by atoms with Gasteiger partial charge >= 0.3 is 0 Å². The van der Waals surface area contributed by atoms with Crippen molar-refractivity contribution in [1.82, 2.24) is 4.31 Å². The lowest BCUT2D eigenvalue weighted by Gasteiger charge is -2.17. The topological polar surface area (TPSA) is 101 Å². The second kappa shape index (κ2) is 5.47. The van der Waals surface area contributed by atoms with Crippen LogP contribution in [0.1, 0.15) is 12.0 Å². The summed E-state index contributed by atoms with van der Waals surface area (Å²) in [6.45, 7) is 2.16. The van der Waals surface area contributed by atoms with Gasteiger partial charge in [0.05, 0.1) is 9.82 Å². The van der Waals surface area contributed by atoms with Crippen LogP contribution in [0.25, 0.3) is 0 Å². The number of hydrogen-bond donors (Lipinski definition) is 1. The summed E-state index contributed by atoms with van der Waals surface area (Å²) >= 11 is 0. The van der Waals surface area contributed by atoms with Crippen LogP contribution in [0.2, 0.25) is 0 Å². The molecule has 1 aliphatic rings. The van der Waals surface area contributed by atoms with Crippen LogP contribution in [0.4, 0.5) is 5.69 Å². The minimum Gasteiger partial charge on any atom is -0.396 e. The lowest BCUT2D eigenvalue weighted by atomic mass is 10.1. The zero-order chi connectivity index (χ0) is 14.9. The van der Waals surface area contributed by atoms with Crippen molar-refractivity contribution in [3.8, 4) is 0 Å². The van der Waals surface area contributed by atoms with Gasteiger partial charge in [-0.1, -0.05) is 0 Å². The molecule has 1 aromatic rings. The monoisotopic (exact) mass is 300 g/mol. The van der Waals surface area contributed by atoms with Crippen molar-refractivity contribution in [3.05, 3.63) is 33.9 Å². The molecule has 8 heteroatoms. The zero-order valence-corrected chi connectivity index (χ0v) is 11.8. The Kier molecular flexibility index (Phi) is 4.07. The molecule has 2 rings (SSSR count). The second-order valence-electron chi connectivity index (χ2n) is 4.91. The van der Waals surface area contributed by atoms with E-state index in [0.29, 0.717) is 18.5 Å². The van der Waals surface area contributed by atoms with Crippen molar-refractivity contribution in [2.75, 3.05) is 19.7 Å².